The van der Waals surface area contributed by atoms with Gasteiger partial charge in [0.2, 0.25) is 0 Å². The number of benzene rings is 2. The van der Waals surface area contributed by atoms with Crippen molar-refractivity contribution in [1.29, 1.82) is 0 Å². The third kappa shape index (κ3) is 4.51. The third-order valence-corrected chi connectivity index (χ3v) is 4.68. The highest BCUT2D eigenvalue weighted by Gasteiger charge is 2.17. The van der Waals surface area contributed by atoms with Crippen LogP contribution in [0.3, 0.4) is 0 Å². The van der Waals surface area contributed by atoms with Crippen LogP contribution in [0.5, 0.6) is 11.5 Å². The molecule has 0 saturated heterocycles. The van der Waals surface area contributed by atoms with E-state index < -0.39 is 6.61 Å². The molecular formula is C23H20F2N4O3. The fraction of sp³-hybridized carbons (Fsp3) is 0.174. The number of rotatable bonds is 7. The summed E-state index contributed by atoms with van der Waals surface area (Å²) in [5.41, 5.74) is 2.84. The summed E-state index contributed by atoms with van der Waals surface area (Å²) in [6.45, 7) is -1.01. The van der Waals surface area contributed by atoms with E-state index >= 15 is 0 Å². The number of fused-ring (bicyclic) bond motifs is 1. The van der Waals surface area contributed by atoms with E-state index in [4.69, 9.17) is 4.74 Å². The maximum atomic E-state index is 13.2. The zero-order chi connectivity index (χ0) is 22.7. The highest BCUT2D eigenvalue weighted by atomic mass is 19.3. The number of aryl methyl sites for hydroxylation is 1. The normalized spacial score (nSPS) is 11.0. The van der Waals surface area contributed by atoms with Crippen LogP contribution in [0.4, 0.5) is 14.5 Å². The molecule has 0 atom stereocenters. The van der Waals surface area contributed by atoms with Crippen molar-refractivity contribution >= 4 is 22.5 Å². The molecule has 2 aromatic carbocycles. The van der Waals surface area contributed by atoms with Crippen LogP contribution in [0.1, 0.15) is 17.3 Å². The summed E-state index contributed by atoms with van der Waals surface area (Å²) < 4.78 is 36.8. The molecule has 0 fully saturated rings. The lowest BCUT2D eigenvalue weighted by atomic mass is 10.0. The molecule has 0 aliphatic carbocycles. The topological polar surface area (TPSA) is 78.3 Å². The molecule has 7 nitrogen and oxygen atoms in total. The van der Waals surface area contributed by atoms with Crippen LogP contribution in [0.2, 0.25) is 0 Å². The maximum absolute atomic E-state index is 13.2. The first-order valence-electron chi connectivity index (χ1n) is 9.86. The summed E-state index contributed by atoms with van der Waals surface area (Å²) in [5.74, 6) is -0.368. The molecule has 1 amide bonds. The van der Waals surface area contributed by atoms with E-state index in [0.717, 1.165) is 5.56 Å². The number of anilines is 1. The molecule has 9 heteroatoms. The smallest absolute Gasteiger partial charge is 0.387 e. The molecule has 0 saturated carbocycles. The number of carbonyl (C=O) groups is 1. The standard InChI is InChI=1S/C23H20F2N4O3/c1-3-31-21-10-15(8-9-20(21)32-23(24)25)27-22(30)17-11-19(14-12-26-29(2)13-14)28-18-7-5-4-6-16(17)18/h4-13,23H,3H2,1-2H3,(H,27,30). The van der Waals surface area contributed by atoms with Gasteiger partial charge in [-0.05, 0) is 31.2 Å². The Kier molecular flexibility index (Phi) is 5.98. The van der Waals surface area contributed by atoms with Crippen LogP contribution >= 0.6 is 0 Å². The van der Waals surface area contributed by atoms with Gasteiger partial charge < -0.3 is 14.8 Å². The molecule has 0 aliphatic heterocycles. The minimum Gasteiger partial charge on any atom is -0.490 e. The molecular weight excluding hydrogens is 418 g/mol. The van der Waals surface area contributed by atoms with Crippen molar-refractivity contribution in [2.24, 2.45) is 7.05 Å². The lowest BCUT2D eigenvalue weighted by molar-refractivity contribution is -0.0514. The molecule has 0 radical (unpaired) electrons. The van der Waals surface area contributed by atoms with Gasteiger partial charge in [-0.3, -0.25) is 9.48 Å². The summed E-state index contributed by atoms with van der Waals surface area (Å²) >= 11 is 0. The van der Waals surface area contributed by atoms with Crippen molar-refractivity contribution in [3.8, 4) is 22.8 Å². The summed E-state index contributed by atoms with van der Waals surface area (Å²) in [6, 6.07) is 13.3. The van der Waals surface area contributed by atoms with Gasteiger partial charge in [-0.15, -0.1) is 0 Å². The molecule has 32 heavy (non-hydrogen) atoms. The Morgan fingerprint density at radius 1 is 1.16 bits per heavy atom. The Labute approximate surface area is 182 Å². The SMILES string of the molecule is CCOc1cc(NC(=O)c2cc(-c3cnn(C)c3)nc3ccccc23)ccc1OC(F)F. The predicted molar refractivity (Wildman–Crippen MR) is 116 cm³/mol. The molecule has 2 heterocycles. The summed E-state index contributed by atoms with van der Waals surface area (Å²) in [5, 5.41) is 7.65. The Bertz CT molecular complexity index is 1270. The van der Waals surface area contributed by atoms with Gasteiger partial charge in [0.15, 0.2) is 11.5 Å². The van der Waals surface area contributed by atoms with E-state index in [2.05, 4.69) is 20.1 Å². The van der Waals surface area contributed by atoms with Gasteiger partial charge in [-0.2, -0.15) is 13.9 Å². The zero-order valence-electron chi connectivity index (χ0n) is 17.4. The van der Waals surface area contributed by atoms with E-state index in [0.29, 0.717) is 27.8 Å². The third-order valence-electron chi connectivity index (χ3n) is 4.68. The van der Waals surface area contributed by atoms with Crippen molar-refractivity contribution in [1.82, 2.24) is 14.8 Å². The van der Waals surface area contributed by atoms with Crippen LogP contribution in [0.25, 0.3) is 22.2 Å². The first kappa shape index (κ1) is 21.2. The fourth-order valence-electron chi connectivity index (χ4n) is 3.31. The molecule has 1 N–H and O–H groups in total. The second kappa shape index (κ2) is 9.01. The van der Waals surface area contributed by atoms with Crippen LogP contribution in [0, 0.1) is 0 Å². The number of carbonyl (C=O) groups excluding carboxylic acids is 1. The monoisotopic (exact) mass is 438 g/mol. The van der Waals surface area contributed by atoms with Crippen molar-refractivity contribution in [2.45, 2.75) is 13.5 Å². The largest absolute Gasteiger partial charge is 0.490 e. The molecule has 164 valence electrons. The number of halogens is 2. The highest BCUT2D eigenvalue weighted by Crippen LogP contribution is 2.32. The molecule has 0 spiro atoms. The average Bonchev–Trinajstić information content (AvgIpc) is 3.21. The molecule has 4 aromatic rings. The number of pyridine rings is 1. The predicted octanol–water partition coefficient (Wildman–Crippen LogP) is 4.89. The number of nitrogens with one attached hydrogen (secondary N) is 1. The number of nitrogens with zero attached hydrogens (tertiary/aromatic N) is 3. The highest BCUT2D eigenvalue weighted by molar-refractivity contribution is 6.13. The van der Waals surface area contributed by atoms with Crippen molar-refractivity contribution < 1.29 is 23.0 Å². The number of hydrogen-bond acceptors (Lipinski definition) is 5. The summed E-state index contributed by atoms with van der Waals surface area (Å²) in [7, 11) is 1.80. The van der Waals surface area contributed by atoms with Crippen LogP contribution in [-0.4, -0.2) is 33.9 Å². The first-order valence-corrected chi connectivity index (χ1v) is 9.86. The number of alkyl halides is 2. The average molecular weight is 438 g/mol. The van der Waals surface area contributed by atoms with E-state index in [-0.39, 0.29) is 24.0 Å². The van der Waals surface area contributed by atoms with E-state index in [9.17, 15) is 13.6 Å². The van der Waals surface area contributed by atoms with Gasteiger partial charge in [-0.1, -0.05) is 18.2 Å². The van der Waals surface area contributed by atoms with Crippen molar-refractivity contribution in [3.05, 3.63) is 66.5 Å². The van der Waals surface area contributed by atoms with Gasteiger partial charge in [0.05, 0.1) is 29.6 Å². The Hall–Kier alpha value is -4.01. The zero-order valence-corrected chi connectivity index (χ0v) is 17.4. The minimum atomic E-state index is -2.98. The lowest BCUT2D eigenvalue weighted by Gasteiger charge is -2.14. The number of ether oxygens (including phenoxy) is 2. The quantitative estimate of drug-likeness (QED) is 0.445. The number of hydrogen-bond donors (Lipinski definition) is 1. The summed E-state index contributed by atoms with van der Waals surface area (Å²) in [6.07, 6.45) is 3.49. The number of aromatic nitrogens is 3. The minimum absolute atomic E-state index is 0.104. The molecule has 0 aliphatic rings. The Balaban J connectivity index is 1.70. The van der Waals surface area contributed by atoms with E-state index in [1.54, 1.807) is 30.9 Å². The van der Waals surface area contributed by atoms with Gasteiger partial charge >= 0.3 is 6.61 Å². The Morgan fingerprint density at radius 3 is 2.69 bits per heavy atom. The van der Waals surface area contributed by atoms with Crippen LogP contribution in [0.15, 0.2) is 60.9 Å². The fourth-order valence-corrected chi connectivity index (χ4v) is 3.31. The van der Waals surface area contributed by atoms with Crippen molar-refractivity contribution in [3.63, 3.8) is 0 Å². The Morgan fingerprint density at radius 2 is 1.97 bits per heavy atom. The molecule has 0 unspecified atom stereocenters. The number of para-hydroxylation sites is 1. The molecule has 2 aromatic heterocycles. The second-order valence-corrected chi connectivity index (χ2v) is 6.90. The van der Waals surface area contributed by atoms with Gasteiger partial charge in [0, 0.05) is 35.9 Å². The lowest BCUT2D eigenvalue weighted by Crippen LogP contribution is -2.13. The van der Waals surface area contributed by atoms with Gasteiger partial charge in [0.1, 0.15) is 0 Å². The van der Waals surface area contributed by atoms with Crippen LogP contribution < -0.4 is 14.8 Å². The first-order chi connectivity index (χ1) is 15.4. The van der Waals surface area contributed by atoms with E-state index in [1.165, 1.54) is 18.2 Å². The van der Waals surface area contributed by atoms with E-state index in [1.807, 2.05) is 30.5 Å². The van der Waals surface area contributed by atoms with Crippen LogP contribution in [-0.2, 0) is 7.05 Å². The van der Waals surface area contributed by atoms with Crippen molar-refractivity contribution in [2.75, 3.05) is 11.9 Å². The summed E-state index contributed by atoms with van der Waals surface area (Å²) in [4.78, 5) is 17.8. The van der Waals surface area contributed by atoms with Gasteiger partial charge in [-0.25, -0.2) is 4.98 Å². The second-order valence-electron chi connectivity index (χ2n) is 6.90. The maximum Gasteiger partial charge on any atom is 0.387 e. The molecule has 0 bridgehead atoms. The van der Waals surface area contributed by atoms with Gasteiger partial charge in [0.25, 0.3) is 5.91 Å². The molecule has 4 rings (SSSR count). The number of amides is 1.